The minimum absolute atomic E-state index is 0.0623. The van der Waals surface area contributed by atoms with Crippen LogP contribution in [0.25, 0.3) is 0 Å². The fraction of sp³-hybridized carbons (Fsp3) is 0.500. The van der Waals surface area contributed by atoms with Gasteiger partial charge in [0.2, 0.25) is 5.91 Å². The molecule has 4 heteroatoms. The summed E-state index contributed by atoms with van der Waals surface area (Å²) in [5.41, 5.74) is 5.76. The van der Waals surface area contributed by atoms with E-state index < -0.39 is 5.41 Å². The van der Waals surface area contributed by atoms with Gasteiger partial charge in [-0.05, 0) is 19.1 Å². The van der Waals surface area contributed by atoms with Crippen molar-refractivity contribution in [3.8, 4) is 0 Å². The van der Waals surface area contributed by atoms with Gasteiger partial charge in [-0.25, -0.2) is 4.98 Å². The van der Waals surface area contributed by atoms with Crippen LogP contribution in [0.1, 0.15) is 27.7 Å². The van der Waals surface area contributed by atoms with Crippen molar-refractivity contribution in [3.63, 3.8) is 0 Å². The number of anilines is 2. The fourth-order valence-corrected chi connectivity index (χ4v) is 1.37. The van der Waals surface area contributed by atoms with E-state index in [-0.39, 0.29) is 5.91 Å². The minimum atomic E-state index is -0.404. The molecule has 2 N–H and O–H groups in total. The Morgan fingerprint density at radius 3 is 2.44 bits per heavy atom. The number of carbonyl (C=O) groups excluding carboxylic acids is 1. The lowest BCUT2D eigenvalue weighted by atomic mass is 9.94. The van der Waals surface area contributed by atoms with E-state index in [0.717, 1.165) is 0 Å². The van der Waals surface area contributed by atoms with Crippen LogP contribution in [0.4, 0.5) is 11.5 Å². The Hall–Kier alpha value is -1.58. The van der Waals surface area contributed by atoms with Gasteiger partial charge in [0, 0.05) is 12.0 Å². The molecule has 16 heavy (non-hydrogen) atoms. The molecule has 0 aliphatic heterocycles. The first kappa shape index (κ1) is 12.5. The third kappa shape index (κ3) is 2.72. The highest BCUT2D eigenvalue weighted by atomic mass is 16.2. The first-order valence-electron chi connectivity index (χ1n) is 5.39. The predicted octanol–water partition coefficient (Wildman–Crippen LogP) is 2.06. The van der Waals surface area contributed by atoms with E-state index in [0.29, 0.717) is 18.1 Å². The van der Waals surface area contributed by atoms with Crippen molar-refractivity contribution in [2.24, 2.45) is 5.41 Å². The van der Waals surface area contributed by atoms with Crippen molar-refractivity contribution < 1.29 is 4.79 Å². The van der Waals surface area contributed by atoms with Crippen LogP contribution in [0.5, 0.6) is 0 Å². The third-order valence-corrected chi connectivity index (χ3v) is 2.25. The highest BCUT2D eigenvalue weighted by Gasteiger charge is 2.27. The summed E-state index contributed by atoms with van der Waals surface area (Å²) in [7, 11) is 0. The number of pyridine rings is 1. The fourth-order valence-electron chi connectivity index (χ4n) is 1.37. The molecule has 1 aromatic rings. The molecule has 88 valence electrons. The van der Waals surface area contributed by atoms with Crippen LogP contribution >= 0.6 is 0 Å². The number of aromatic nitrogens is 1. The lowest BCUT2D eigenvalue weighted by molar-refractivity contribution is -0.125. The van der Waals surface area contributed by atoms with Gasteiger partial charge in [-0.15, -0.1) is 0 Å². The minimum Gasteiger partial charge on any atom is -0.397 e. The molecule has 0 unspecified atom stereocenters. The van der Waals surface area contributed by atoms with Crippen LogP contribution < -0.4 is 10.6 Å². The normalized spacial score (nSPS) is 11.2. The molecule has 0 aliphatic carbocycles. The number of hydrogen-bond donors (Lipinski definition) is 1. The van der Waals surface area contributed by atoms with Gasteiger partial charge in [0.25, 0.3) is 0 Å². The molecule has 0 saturated heterocycles. The lowest BCUT2D eigenvalue weighted by Gasteiger charge is -2.27. The number of rotatable bonds is 2. The molecule has 0 atom stereocenters. The predicted molar refractivity (Wildman–Crippen MR) is 66.1 cm³/mol. The zero-order valence-corrected chi connectivity index (χ0v) is 10.3. The van der Waals surface area contributed by atoms with E-state index in [4.69, 9.17) is 5.73 Å². The molecule has 4 nitrogen and oxygen atoms in total. The Labute approximate surface area is 96.5 Å². The Balaban J connectivity index is 2.99. The molecule has 1 rings (SSSR count). The maximum Gasteiger partial charge on any atom is 0.233 e. The summed E-state index contributed by atoms with van der Waals surface area (Å²) >= 11 is 0. The number of amides is 1. The zero-order valence-electron chi connectivity index (χ0n) is 10.3. The lowest BCUT2D eigenvalue weighted by Crippen LogP contribution is -2.39. The Morgan fingerprint density at radius 2 is 2.06 bits per heavy atom. The monoisotopic (exact) mass is 221 g/mol. The summed E-state index contributed by atoms with van der Waals surface area (Å²) in [5, 5.41) is 0. The van der Waals surface area contributed by atoms with Crippen molar-refractivity contribution in [2.45, 2.75) is 27.7 Å². The van der Waals surface area contributed by atoms with E-state index >= 15 is 0 Å². The summed E-state index contributed by atoms with van der Waals surface area (Å²) in [6.07, 6.45) is 1.56. The van der Waals surface area contributed by atoms with Crippen LogP contribution in [-0.4, -0.2) is 17.4 Å². The van der Waals surface area contributed by atoms with E-state index in [1.165, 1.54) is 0 Å². The molecular weight excluding hydrogens is 202 g/mol. The molecule has 0 fully saturated rings. The number of nitrogens with zero attached hydrogens (tertiary/aromatic N) is 2. The van der Waals surface area contributed by atoms with Gasteiger partial charge in [0.1, 0.15) is 5.82 Å². The molecule has 0 saturated carbocycles. The number of carbonyl (C=O) groups is 1. The van der Waals surface area contributed by atoms with Gasteiger partial charge in [0.05, 0.1) is 11.9 Å². The van der Waals surface area contributed by atoms with E-state index in [1.54, 1.807) is 23.2 Å². The van der Waals surface area contributed by atoms with Crippen LogP contribution in [0.3, 0.4) is 0 Å². The average Bonchev–Trinajstić information content (AvgIpc) is 2.20. The highest BCUT2D eigenvalue weighted by molar-refractivity contribution is 5.96. The number of nitrogens with two attached hydrogens (primary N) is 1. The van der Waals surface area contributed by atoms with Crippen molar-refractivity contribution in [1.82, 2.24) is 4.98 Å². The Morgan fingerprint density at radius 1 is 1.44 bits per heavy atom. The summed E-state index contributed by atoms with van der Waals surface area (Å²) < 4.78 is 0. The summed E-state index contributed by atoms with van der Waals surface area (Å²) in [6, 6.07) is 3.52. The highest BCUT2D eigenvalue weighted by Crippen LogP contribution is 2.21. The molecule has 0 radical (unpaired) electrons. The van der Waals surface area contributed by atoms with Gasteiger partial charge < -0.3 is 5.73 Å². The van der Waals surface area contributed by atoms with Crippen LogP contribution in [0.2, 0.25) is 0 Å². The van der Waals surface area contributed by atoms with E-state index in [9.17, 15) is 4.79 Å². The van der Waals surface area contributed by atoms with Crippen LogP contribution in [0.15, 0.2) is 18.3 Å². The van der Waals surface area contributed by atoms with Crippen LogP contribution in [0, 0.1) is 5.41 Å². The van der Waals surface area contributed by atoms with Gasteiger partial charge in [-0.3, -0.25) is 9.69 Å². The first-order valence-corrected chi connectivity index (χ1v) is 5.39. The third-order valence-electron chi connectivity index (χ3n) is 2.25. The zero-order chi connectivity index (χ0) is 12.3. The van der Waals surface area contributed by atoms with Gasteiger partial charge in [0.15, 0.2) is 0 Å². The molecule has 0 bridgehead atoms. The molecule has 1 heterocycles. The summed E-state index contributed by atoms with van der Waals surface area (Å²) in [6.45, 7) is 8.23. The smallest absolute Gasteiger partial charge is 0.233 e. The van der Waals surface area contributed by atoms with Gasteiger partial charge >= 0.3 is 0 Å². The average molecular weight is 221 g/mol. The van der Waals surface area contributed by atoms with Crippen molar-refractivity contribution in [1.29, 1.82) is 0 Å². The van der Waals surface area contributed by atoms with Crippen molar-refractivity contribution >= 4 is 17.4 Å². The second-order valence-electron chi connectivity index (χ2n) is 4.75. The van der Waals surface area contributed by atoms with Crippen LogP contribution in [-0.2, 0) is 4.79 Å². The molecular formula is C12H19N3O. The molecule has 0 spiro atoms. The summed E-state index contributed by atoms with van der Waals surface area (Å²) in [5.74, 6) is 0.712. The first-order chi connectivity index (χ1) is 7.36. The second-order valence-corrected chi connectivity index (χ2v) is 4.75. The quantitative estimate of drug-likeness (QED) is 0.831. The second kappa shape index (κ2) is 4.51. The molecule has 1 aromatic heterocycles. The largest absolute Gasteiger partial charge is 0.397 e. The standard InChI is InChI=1S/C12H19N3O/c1-5-15(11(16)12(2,3)4)10-7-6-9(13)8-14-10/h6-8H,5,13H2,1-4H3. The maximum atomic E-state index is 12.1. The topological polar surface area (TPSA) is 59.2 Å². The van der Waals surface area contributed by atoms with Crippen molar-refractivity contribution in [3.05, 3.63) is 18.3 Å². The summed E-state index contributed by atoms with van der Waals surface area (Å²) in [4.78, 5) is 18.0. The van der Waals surface area contributed by atoms with E-state index in [2.05, 4.69) is 4.98 Å². The number of hydrogen-bond acceptors (Lipinski definition) is 3. The maximum absolute atomic E-state index is 12.1. The van der Waals surface area contributed by atoms with E-state index in [1.807, 2.05) is 27.7 Å². The Kier molecular flexibility index (Phi) is 3.52. The Bertz CT molecular complexity index is 365. The van der Waals surface area contributed by atoms with Gasteiger partial charge in [-0.1, -0.05) is 20.8 Å². The SMILES string of the molecule is CCN(C(=O)C(C)(C)C)c1ccc(N)cn1. The number of nitrogen functional groups attached to an aromatic ring is 1. The van der Waals surface area contributed by atoms with Crippen molar-refractivity contribution in [2.75, 3.05) is 17.2 Å². The molecule has 0 aromatic carbocycles. The molecule has 1 amide bonds. The molecule has 0 aliphatic rings. The van der Waals surface area contributed by atoms with Gasteiger partial charge in [-0.2, -0.15) is 0 Å².